The number of benzene rings is 1. The van der Waals surface area contributed by atoms with Crippen LogP contribution in [0.15, 0.2) is 29.3 Å². The number of rotatable bonds is 3. The van der Waals surface area contributed by atoms with Crippen LogP contribution in [-0.4, -0.2) is 22.7 Å². The van der Waals surface area contributed by atoms with Crippen LogP contribution in [0.5, 0.6) is 0 Å². The van der Waals surface area contributed by atoms with Gasteiger partial charge in [-0.3, -0.25) is 15.0 Å². The summed E-state index contributed by atoms with van der Waals surface area (Å²) in [7, 11) is 0. The Balaban J connectivity index is 2.41. The number of carboxylic acids is 1. The van der Waals surface area contributed by atoms with Crippen molar-refractivity contribution in [2.24, 2.45) is 10.8 Å². The van der Waals surface area contributed by atoms with E-state index in [4.69, 9.17) is 10.9 Å². The number of para-hydroxylation sites is 1. The second-order valence-corrected chi connectivity index (χ2v) is 3.68. The highest BCUT2D eigenvalue weighted by molar-refractivity contribution is 6.42. The molecule has 0 bridgehead atoms. The van der Waals surface area contributed by atoms with Crippen molar-refractivity contribution in [3.8, 4) is 0 Å². The standard InChI is InChI=1S/C11H11N3O3/c12-14-11(17)10-7(5-9(15)16)6-3-1-2-4-8(6)13-10/h1-4,7H,5,12H2,(H,14,17)(H,15,16). The summed E-state index contributed by atoms with van der Waals surface area (Å²) in [4.78, 5) is 26.4. The van der Waals surface area contributed by atoms with E-state index in [1.54, 1.807) is 24.3 Å². The largest absolute Gasteiger partial charge is 0.481 e. The molecule has 2 rings (SSSR count). The van der Waals surface area contributed by atoms with Gasteiger partial charge in [-0.2, -0.15) is 0 Å². The van der Waals surface area contributed by atoms with E-state index in [2.05, 4.69) is 4.99 Å². The summed E-state index contributed by atoms with van der Waals surface area (Å²) in [5.41, 5.74) is 3.50. The Kier molecular flexibility index (Phi) is 2.88. The van der Waals surface area contributed by atoms with Crippen LogP contribution in [0.1, 0.15) is 17.9 Å². The lowest BCUT2D eigenvalue weighted by molar-refractivity contribution is -0.137. The van der Waals surface area contributed by atoms with Crippen molar-refractivity contribution in [3.05, 3.63) is 29.8 Å². The quantitative estimate of drug-likeness (QED) is 0.397. The predicted octanol–water partition coefficient (Wildman–Crippen LogP) is 0.321. The SMILES string of the molecule is NNC(=O)C1=Nc2ccccc2C1CC(=O)O. The van der Waals surface area contributed by atoms with Crippen LogP contribution >= 0.6 is 0 Å². The molecule has 0 aliphatic carbocycles. The molecule has 0 spiro atoms. The smallest absolute Gasteiger partial charge is 0.304 e. The molecular weight excluding hydrogens is 222 g/mol. The summed E-state index contributed by atoms with van der Waals surface area (Å²) in [6, 6.07) is 7.07. The van der Waals surface area contributed by atoms with E-state index in [-0.39, 0.29) is 12.1 Å². The molecule has 88 valence electrons. The summed E-state index contributed by atoms with van der Waals surface area (Å²) in [5.74, 6) is 2.99. The lowest BCUT2D eigenvalue weighted by Crippen LogP contribution is -2.38. The van der Waals surface area contributed by atoms with E-state index in [1.807, 2.05) is 5.43 Å². The maximum Gasteiger partial charge on any atom is 0.304 e. The highest BCUT2D eigenvalue weighted by Crippen LogP contribution is 2.37. The zero-order valence-electron chi connectivity index (χ0n) is 8.88. The molecule has 6 heteroatoms. The van der Waals surface area contributed by atoms with Gasteiger partial charge in [-0.25, -0.2) is 10.8 Å². The molecule has 0 aromatic heterocycles. The highest BCUT2D eigenvalue weighted by atomic mass is 16.4. The molecule has 1 aliphatic rings. The van der Waals surface area contributed by atoms with Gasteiger partial charge in [0.05, 0.1) is 12.1 Å². The molecule has 1 amide bonds. The van der Waals surface area contributed by atoms with E-state index >= 15 is 0 Å². The molecule has 0 fully saturated rings. The molecular formula is C11H11N3O3. The fraction of sp³-hybridized carbons (Fsp3) is 0.182. The Morgan fingerprint density at radius 1 is 1.41 bits per heavy atom. The fourth-order valence-corrected chi connectivity index (χ4v) is 1.90. The summed E-state index contributed by atoms with van der Waals surface area (Å²) in [5, 5.41) is 8.85. The third-order valence-corrected chi connectivity index (χ3v) is 2.63. The Morgan fingerprint density at radius 3 is 2.76 bits per heavy atom. The molecule has 1 aromatic carbocycles. The van der Waals surface area contributed by atoms with Crippen LogP contribution in [0.25, 0.3) is 0 Å². The first kappa shape index (κ1) is 11.3. The zero-order valence-corrected chi connectivity index (χ0v) is 8.88. The van der Waals surface area contributed by atoms with Gasteiger partial charge in [0.2, 0.25) is 0 Å². The first-order valence-electron chi connectivity index (χ1n) is 5.03. The molecule has 1 aliphatic heterocycles. The zero-order chi connectivity index (χ0) is 12.4. The van der Waals surface area contributed by atoms with E-state index < -0.39 is 17.8 Å². The maximum absolute atomic E-state index is 11.5. The van der Waals surface area contributed by atoms with E-state index in [9.17, 15) is 9.59 Å². The second kappa shape index (κ2) is 4.34. The Morgan fingerprint density at radius 2 is 2.12 bits per heavy atom. The number of carbonyl (C=O) groups is 2. The van der Waals surface area contributed by atoms with Crippen LogP contribution in [0.3, 0.4) is 0 Å². The number of hydrogen-bond acceptors (Lipinski definition) is 4. The normalized spacial score (nSPS) is 17.2. The van der Waals surface area contributed by atoms with Crippen molar-refractivity contribution in [2.75, 3.05) is 0 Å². The topological polar surface area (TPSA) is 105 Å². The summed E-state index contributed by atoms with van der Waals surface area (Å²) in [6.07, 6.45) is -0.177. The average Bonchev–Trinajstić information content (AvgIpc) is 2.67. The summed E-state index contributed by atoms with van der Waals surface area (Å²) < 4.78 is 0. The number of fused-ring (bicyclic) bond motifs is 1. The van der Waals surface area contributed by atoms with Gasteiger partial charge >= 0.3 is 5.97 Å². The molecule has 0 saturated carbocycles. The molecule has 6 nitrogen and oxygen atoms in total. The van der Waals surface area contributed by atoms with Crippen molar-refractivity contribution in [1.29, 1.82) is 0 Å². The molecule has 4 N–H and O–H groups in total. The van der Waals surface area contributed by atoms with Crippen molar-refractivity contribution in [1.82, 2.24) is 5.43 Å². The van der Waals surface area contributed by atoms with Gasteiger partial charge in [0.15, 0.2) is 0 Å². The van der Waals surface area contributed by atoms with Crippen LogP contribution in [-0.2, 0) is 9.59 Å². The number of aliphatic imine (C=N–C) groups is 1. The maximum atomic E-state index is 11.5. The molecule has 1 atom stereocenters. The van der Waals surface area contributed by atoms with Crippen LogP contribution in [0.2, 0.25) is 0 Å². The molecule has 1 heterocycles. The third kappa shape index (κ3) is 2.02. The number of hydrogen-bond donors (Lipinski definition) is 3. The minimum Gasteiger partial charge on any atom is -0.481 e. The van der Waals surface area contributed by atoms with Gasteiger partial charge in [-0.1, -0.05) is 18.2 Å². The molecule has 1 unspecified atom stereocenters. The fourth-order valence-electron chi connectivity index (χ4n) is 1.90. The number of nitrogens with zero attached hydrogens (tertiary/aromatic N) is 1. The third-order valence-electron chi connectivity index (χ3n) is 2.63. The lowest BCUT2D eigenvalue weighted by atomic mass is 9.92. The minimum absolute atomic E-state index is 0.149. The van der Waals surface area contributed by atoms with Crippen molar-refractivity contribution in [3.63, 3.8) is 0 Å². The van der Waals surface area contributed by atoms with E-state index in [1.165, 1.54) is 0 Å². The van der Waals surface area contributed by atoms with Gasteiger partial charge in [-0.15, -0.1) is 0 Å². The second-order valence-electron chi connectivity index (χ2n) is 3.68. The number of amides is 1. The first-order valence-corrected chi connectivity index (χ1v) is 5.03. The number of aliphatic carboxylic acids is 1. The highest BCUT2D eigenvalue weighted by Gasteiger charge is 2.32. The number of nitrogens with two attached hydrogens (primary N) is 1. The van der Waals surface area contributed by atoms with Gasteiger partial charge in [0.25, 0.3) is 5.91 Å². The monoisotopic (exact) mass is 233 g/mol. The van der Waals surface area contributed by atoms with Gasteiger partial charge in [-0.05, 0) is 11.6 Å². The van der Waals surface area contributed by atoms with E-state index in [0.717, 1.165) is 5.56 Å². The van der Waals surface area contributed by atoms with Gasteiger partial charge in [0.1, 0.15) is 5.71 Å². The lowest BCUT2D eigenvalue weighted by Gasteiger charge is -2.10. The summed E-state index contributed by atoms with van der Waals surface area (Å²) >= 11 is 0. The number of nitrogens with one attached hydrogen (secondary N) is 1. The minimum atomic E-state index is -0.982. The van der Waals surface area contributed by atoms with Crippen LogP contribution < -0.4 is 11.3 Å². The van der Waals surface area contributed by atoms with E-state index in [0.29, 0.717) is 5.69 Å². The average molecular weight is 233 g/mol. The molecule has 0 radical (unpaired) electrons. The van der Waals surface area contributed by atoms with Crippen LogP contribution in [0.4, 0.5) is 5.69 Å². The number of carboxylic acid groups (broad SMARTS) is 1. The molecule has 17 heavy (non-hydrogen) atoms. The van der Waals surface area contributed by atoms with Crippen LogP contribution in [0, 0.1) is 0 Å². The van der Waals surface area contributed by atoms with Gasteiger partial charge in [0, 0.05) is 5.92 Å². The molecule has 0 saturated heterocycles. The predicted molar refractivity (Wildman–Crippen MR) is 60.9 cm³/mol. The Labute approximate surface area is 97.1 Å². The van der Waals surface area contributed by atoms with Crippen molar-refractivity contribution >= 4 is 23.3 Å². The first-order chi connectivity index (χ1) is 8.13. The molecule has 1 aromatic rings. The van der Waals surface area contributed by atoms with Crippen molar-refractivity contribution < 1.29 is 14.7 Å². The number of carbonyl (C=O) groups excluding carboxylic acids is 1. The Hall–Kier alpha value is -2.21. The van der Waals surface area contributed by atoms with Gasteiger partial charge < -0.3 is 5.11 Å². The van der Waals surface area contributed by atoms with Crippen molar-refractivity contribution in [2.45, 2.75) is 12.3 Å². The Bertz CT molecular complexity index is 510. The number of hydrazine groups is 1. The summed E-state index contributed by atoms with van der Waals surface area (Å²) in [6.45, 7) is 0.